The molecule has 1 rings (SSSR count). The van der Waals surface area contributed by atoms with Crippen LogP contribution in [0.25, 0.3) is 0 Å². The van der Waals surface area contributed by atoms with Gasteiger partial charge in [0.25, 0.3) is 0 Å². The van der Waals surface area contributed by atoms with Crippen LogP contribution in [0.3, 0.4) is 0 Å². The monoisotopic (exact) mass is 189 g/mol. The lowest BCUT2D eigenvalue weighted by molar-refractivity contribution is -0.308. The smallest absolute Gasteiger partial charge is 0.154 e. The number of hydrogen-bond donors (Lipinski definition) is 4. The third-order valence-electron chi connectivity index (χ3n) is 1.99. The van der Waals surface area contributed by atoms with Crippen LogP contribution >= 0.6 is 0 Å². The summed E-state index contributed by atoms with van der Waals surface area (Å²) < 4.78 is 0. The summed E-state index contributed by atoms with van der Waals surface area (Å²) in [4.78, 5) is 10.8. The highest BCUT2D eigenvalue weighted by Gasteiger charge is 2.43. The molecule has 0 saturated heterocycles. The number of allylic oxidation sites excluding steroid dienone is 1. The molecule has 0 spiro atoms. The molecule has 4 N–H and O–H groups in total. The number of rotatable bonds is 1. The minimum Gasteiger partial charge on any atom is -0.868 e. The lowest BCUT2D eigenvalue weighted by Crippen LogP contribution is -2.53. The highest BCUT2D eigenvalue weighted by atomic mass is 16.4. The predicted octanol–water partition coefficient (Wildman–Crippen LogP) is -2.83. The van der Waals surface area contributed by atoms with E-state index in [1.807, 2.05) is 0 Å². The quantitative estimate of drug-likeness (QED) is 0.353. The number of Topliss-reactive ketones (excluding diaryl/α,β-unsaturated/α-hetero) is 1. The Labute approximate surface area is 73.4 Å². The van der Waals surface area contributed by atoms with Crippen LogP contribution in [0.2, 0.25) is 0 Å². The molecule has 74 valence electrons. The number of hydrogen-bond acceptors (Lipinski definition) is 6. The molecule has 0 radical (unpaired) electrons. The first-order chi connectivity index (χ1) is 5.92. The van der Waals surface area contributed by atoms with Crippen molar-refractivity contribution in [2.75, 3.05) is 6.61 Å². The first kappa shape index (κ1) is 9.97. The van der Waals surface area contributed by atoms with Gasteiger partial charge in [-0.25, -0.2) is 0 Å². The maximum atomic E-state index is 10.8. The molecule has 1 aliphatic carbocycles. The second-order valence-electron chi connectivity index (χ2n) is 2.98. The van der Waals surface area contributed by atoms with Gasteiger partial charge < -0.3 is 25.5 Å². The molecule has 6 nitrogen and oxygen atoms in total. The van der Waals surface area contributed by atoms with Crippen LogP contribution in [-0.4, -0.2) is 44.5 Å². The van der Waals surface area contributed by atoms with E-state index in [0.717, 1.165) is 0 Å². The van der Waals surface area contributed by atoms with E-state index in [0.29, 0.717) is 0 Å². The molecule has 2 atom stereocenters. The van der Waals surface area contributed by atoms with Crippen LogP contribution < -0.4 is 5.11 Å². The van der Waals surface area contributed by atoms with E-state index in [9.17, 15) is 15.0 Å². The topological polar surface area (TPSA) is 121 Å². The molecule has 0 aromatic heterocycles. The van der Waals surface area contributed by atoms with Gasteiger partial charge in [0.2, 0.25) is 0 Å². The van der Waals surface area contributed by atoms with Crippen molar-refractivity contribution < 1.29 is 30.3 Å². The van der Waals surface area contributed by atoms with E-state index < -0.39 is 42.0 Å². The molecular formula is C7H9O6-. The fraction of sp³-hybridized carbons (Fsp3) is 0.571. The Kier molecular flexibility index (Phi) is 2.29. The molecule has 0 aromatic rings. The zero-order valence-corrected chi connectivity index (χ0v) is 6.60. The van der Waals surface area contributed by atoms with Crippen LogP contribution in [-0.2, 0) is 4.79 Å². The van der Waals surface area contributed by atoms with Gasteiger partial charge in [-0.05, 0) is 5.76 Å². The maximum absolute atomic E-state index is 10.8. The van der Waals surface area contributed by atoms with Crippen LogP contribution in [0.5, 0.6) is 0 Å². The average Bonchev–Trinajstić information content (AvgIpc) is 2.12. The maximum Gasteiger partial charge on any atom is 0.154 e. The summed E-state index contributed by atoms with van der Waals surface area (Å²) in [7, 11) is 0. The molecule has 6 heteroatoms. The van der Waals surface area contributed by atoms with E-state index in [1.54, 1.807) is 0 Å². The number of carbonyl (C=O) groups is 1. The van der Waals surface area contributed by atoms with Gasteiger partial charge in [-0.2, -0.15) is 0 Å². The highest BCUT2D eigenvalue weighted by molar-refractivity contribution is 5.95. The summed E-state index contributed by atoms with van der Waals surface area (Å²) in [5.74, 6) is -3.36. The second-order valence-corrected chi connectivity index (χ2v) is 2.98. The van der Waals surface area contributed by atoms with Gasteiger partial charge in [0.15, 0.2) is 5.78 Å². The van der Waals surface area contributed by atoms with E-state index in [1.165, 1.54) is 0 Å². The summed E-state index contributed by atoms with van der Waals surface area (Å²) in [5.41, 5.74) is -2.14. The van der Waals surface area contributed by atoms with Gasteiger partial charge in [-0.1, -0.05) is 0 Å². The Morgan fingerprint density at radius 2 is 2.15 bits per heavy atom. The Balaban J connectivity index is 3.09. The third kappa shape index (κ3) is 1.39. The van der Waals surface area contributed by atoms with Crippen molar-refractivity contribution in [3.8, 4) is 0 Å². The predicted molar refractivity (Wildman–Crippen MR) is 37.3 cm³/mol. The van der Waals surface area contributed by atoms with E-state index in [-0.39, 0.29) is 0 Å². The van der Waals surface area contributed by atoms with Gasteiger partial charge >= 0.3 is 0 Å². The van der Waals surface area contributed by atoms with Crippen LogP contribution in [0.15, 0.2) is 11.5 Å². The minimum absolute atomic E-state index is 0.687. The normalized spacial score (nSPS) is 35.3. The Hall–Kier alpha value is -1.11. The van der Waals surface area contributed by atoms with Gasteiger partial charge in [-0.3, -0.25) is 4.79 Å². The van der Waals surface area contributed by atoms with Gasteiger partial charge in [0.1, 0.15) is 17.5 Å². The first-order valence-electron chi connectivity index (χ1n) is 3.57. The summed E-state index contributed by atoms with van der Waals surface area (Å²) in [6.45, 7) is -0.906. The van der Waals surface area contributed by atoms with Gasteiger partial charge in [-0.15, -0.1) is 0 Å². The van der Waals surface area contributed by atoms with Crippen molar-refractivity contribution in [1.82, 2.24) is 0 Å². The minimum atomic E-state index is -2.14. The van der Waals surface area contributed by atoms with Crippen molar-refractivity contribution >= 4 is 5.78 Å². The molecule has 0 saturated carbocycles. The molecule has 0 heterocycles. The number of ketones is 1. The summed E-state index contributed by atoms with van der Waals surface area (Å²) >= 11 is 0. The SMILES string of the molecule is O=C1C[C@@](O)(CO)[C@@H](O)C(O)=C1[O-]. The van der Waals surface area contributed by atoms with E-state index in [2.05, 4.69) is 0 Å². The molecule has 0 unspecified atom stereocenters. The average molecular weight is 189 g/mol. The summed E-state index contributed by atoms with van der Waals surface area (Å²) in [5, 5.41) is 46.8. The van der Waals surface area contributed by atoms with E-state index in [4.69, 9.17) is 15.3 Å². The molecular weight excluding hydrogens is 180 g/mol. The summed E-state index contributed by atoms with van der Waals surface area (Å²) in [6, 6.07) is 0. The largest absolute Gasteiger partial charge is 0.868 e. The fourth-order valence-electron chi connectivity index (χ4n) is 1.12. The molecule has 1 aliphatic rings. The van der Waals surface area contributed by atoms with Crippen molar-refractivity contribution in [1.29, 1.82) is 0 Å². The standard InChI is InChI=1S/C7H10O6/c8-2-7(13)1-3(9)4(10)5(11)6(7)12/h6,8,10-13H,1-2H2/p-1/t6-,7+/m0/s1. The fourth-order valence-corrected chi connectivity index (χ4v) is 1.12. The number of aliphatic hydroxyl groups is 4. The lowest BCUT2D eigenvalue weighted by atomic mass is 9.84. The Morgan fingerprint density at radius 1 is 1.62 bits per heavy atom. The van der Waals surface area contributed by atoms with Gasteiger partial charge in [0, 0.05) is 6.42 Å². The summed E-state index contributed by atoms with van der Waals surface area (Å²) in [6.07, 6.45) is -2.59. The molecule has 0 aliphatic heterocycles. The van der Waals surface area contributed by atoms with Crippen LogP contribution in [0.4, 0.5) is 0 Å². The van der Waals surface area contributed by atoms with Crippen molar-refractivity contribution in [3.05, 3.63) is 11.5 Å². The molecule has 0 bridgehead atoms. The molecule has 13 heavy (non-hydrogen) atoms. The Bertz CT molecular complexity index is 270. The van der Waals surface area contributed by atoms with Crippen molar-refractivity contribution in [2.45, 2.75) is 18.1 Å². The second kappa shape index (κ2) is 2.99. The molecule has 0 amide bonds. The molecule has 0 fully saturated rings. The van der Waals surface area contributed by atoms with E-state index >= 15 is 0 Å². The highest BCUT2D eigenvalue weighted by Crippen LogP contribution is 2.27. The van der Waals surface area contributed by atoms with Crippen LogP contribution in [0, 0.1) is 0 Å². The van der Waals surface area contributed by atoms with Gasteiger partial charge in [0.05, 0.1) is 6.61 Å². The number of carbonyl (C=O) groups excluding carboxylic acids is 1. The zero-order valence-electron chi connectivity index (χ0n) is 6.60. The van der Waals surface area contributed by atoms with Crippen molar-refractivity contribution in [2.24, 2.45) is 0 Å². The lowest BCUT2D eigenvalue weighted by Gasteiger charge is -2.36. The zero-order chi connectivity index (χ0) is 10.2. The van der Waals surface area contributed by atoms with Crippen molar-refractivity contribution in [3.63, 3.8) is 0 Å². The van der Waals surface area contributed by atoms with Crippen LogP contribution in [0.1, 0.15) is 6.42 Å². The Morgan fingerprint density at radius 3 is 2.62 bits per heavy atom. The third-order valence-corrected chi connectivity index (χ3v) is 1.99. The number of aliphatic hydroxyl groups excluding tert-OH is 3. The first-order valence-corrected chi connectivity index (χ1v) is 3.57. The molecule has 0 aromatic carbocycles.